The molecule has 1 aromatic rings. The molecule has 27 heavy (non-hydrogen) atoms. The molecule has 1 aliphatic heterocycles. The minimum absolute atomic E-state index is 0.0509. The van der Waals surface area contributed by atoms with Gasteiger partial charge >= 0.3 is 6.03 Å². The number of para-hydroxylation sites is 2. The molecule has 0 atom stereocenters. The van der Waals surface area contributed by atoms with Gasteiger partial charge in [-0.25, -0.2) is 4.79 Å². The summed E-state index contributed by atoms with van der Waals surface area (Å²) >= 11 is 0. The molecule has 0 unspecified atom stereocenters. The smallest absolute Gasteiger partial charge is 0.325 e. The van der Waals surface area contributed by atoms with E-state index in [4.69, 9.17) is 0 Å². The highest BCUT2D eigenvalue weighted by Gasteiger charge is 2.52. The Morgan fingerprint density at radius 3 is 2.63 bits per heavy atom. The van der Waals surface area contributed by atoms with Crippen LogP contribution in [0.15, 0.2) is 24.3 Å². The molecule has 1 aliphatic carbocycles. The standard InChI is InChI=1S/C17H21N5O5/c23-14(11-21-15(24)17(20-16(21)25)7-3-4-8-17)19-10-9-18-12-5-1-2-6-13(12)22(26)27/h1-2,5-6,18H,3-4,7-11H2,(H,19,23)(H,20,25). The zero-order valence-corrected chi connectivity index (χ0v) is 14.7. The molecule has 3 rings (SSSR count). The molecule has 0 radical (unpaired) electrons. The van der Waals surface area contributed by atoms with Gasteiger partial charge < -0.3 is 16.0 Å². The average molecular weight is 375 g/mol. The van der Waals surface area contributed by atoms with Crippen molar-refractivity contribution in [1.82, 2.24) is 15.5 Å². The van der Waals surface area contributed by atoms with Gasteiger partial charge in [0.15, 0.2) is 0 Å². The molecule has 1 heterocycles. The second-order valence-electron chi connectivity index (χ2n) is 6.66. The van der Waals surface area contributed by atoms with Crippen LogP contribution in [0.3, 0.4) is 0 Å². The van der Waals surface area contributed by atoms with E-state index in [-0.39, 0.29) is 31.2 Å². The number of carbonyl (C=O) groups is 3. The third-order valence-corrected chi connectivity index (χ3v) is 4.87. The lowest BCUT2D eigenvalue weighted by Crippen LogP contribution is -2.45. The molecule has 2 aliphatic rings. The van der Waals surface area contributed by atoms with Crippen LogP contribution >= 0.6 is 0 Å². The van der Waals surface area contributed by atoms with Gasteiger partial charge in [0.2, 0.25) is 5.91 Å². The Labute approximate surface area is 155 Å². The number of nitro benzene ring substituents is 1. The molecule has 1 saturated carbocycles. The summed E-state index contributed by atoms with van der Waals surface area (Å²) in [5.41, 5.74) is -0.524. The quantitative estimate of drug-likeness (QED) is 0.282. The maximum Gasteiger partial charge on any atom is 0.325 e. The number of carbonyl (C=O) groups excluding carboxylic acids is 3. The third kappa shape index (κ3) is 3.83. The van der Waals surface area contributed by atoms with Crippen molar-refractivity contribution in [2.45, 2.75) is 31.2 Å². The van der Waals surface area contributed by atoms with Crippen molar-refractivity contribution in [2.75, 3.05) is 25.0 Å². The highest BCUT2D eigenvalue weighted by molar-refractivity contribution is 6.09. The van der Waals surface area contributed by atoms with Gasteiger partial charge in [0, 0.05) is 19.2 Å². The molecule has 0 aromatic heterocycles. The molecule has 1 saturated heterocycles. The summed E-state index contributed by atoms with van der Waals surface area (Å²) < 4.78 is 0. The first-order valence-electron chi connectivity index (χ1n) is 8.81. The summed E-state index contributed by atoms with van der Waals surface area (Å²) in [5.74, 6) is -0.795. The molecule has 10 nitrogen and oxygen atoms in total. The predicted octanol–water partition coefficient (Wildman–Crippen LogP) is 0.987. The molecule has 2 fully saturated rings. The number of anilines is 1. The van der Waals surface area contributed by atoms with Crippen LogP contribution in [0.2, 0.25) is 0 Å². The van der Waals surface area contributed by atoms with E-state index in [9.17, 15) is 24.5 Å². The van der Waals surface area contributed by atoms with Gasteiger partial charge in [-0.2, -0.15) is 0 Å². The molecular formula is C17H21N5O5. The molecule has 3 N–H and O–H groups in total. The largest absolute Gasteiger partial charge is 0.378 e. The molecule has 1 aromatic carbocycles. The Kier molecular flexibility index (Phi) is 5.24. The minimum atomic E-state index is -0.828. The van der Waals surface area contributed by atoms with E-state index in [1.54, 1.807) is 18.2 Å². The van der Waals surface area contributed by atoms with Crippen LogP contribution in [0, 0.1) is 10.1 Å². The molecule has 144 valence electrons. The summed E-state index contributed by atoms with van der Waals surface area (Å²) in [6, 6.07) is 5.67. The van der Waals surface area contributed by atoms with E-state index < -0.39 is 22.4 Å². The Hall–Kier alpha value is -3.17. The Balaban J connectivity index is 1.46. The van der Waals surface area contributed by atoms with Gasteiger partial charge in [-0.05, 0) is 18.9 Å². The highest BCUT2D eigenvalue weighted by atomic mass is 16.6. The lowest BCUT2D eigenvalue weighted by Gasteiger charge is -2.19. The third-order valence-electron chi connectivity index (χ3n) is 4.87. The summed E-state index contributed by atoms with van der Waals surface area (Å²) in [6.07, 6.45) is 2.97. The maximum atomic E-state index is 12.5. The first kappa shape index (κ1) is 18.6. The highest BCUT2D eigenvalue weighted by Crippen LogP contribution is 2.34. The summed E-state index contributed by atoms with van der Waals surface area (Å²) in [6.45, 7) is 0.123. The molecule has 0 bridgehead atoms. The summed E-state index contributed by atoms with van der Waals surface area (Å²) in [7, 11) is 0. The molecular weight excluding hydrogens is 354 g/mol. The van der Waals surface area contributed by atoms with E-state index in [0.717, 1.165) is 17.7 Å². The van der Waals surface area contributed by atoms with Crippen molar-refractivity contribution < 1.29 is 19.3 Å². The lowest BCUT2D eigenvalue weighted by atomic mass is 9.98. The fourth-order valence-electron chi connectivity index (χ4n) is 3.52. The first-order valence-corrected chi connectivity index (χ1v) is 8.81. The van der Waals surface area contributed by atoms with Gasteiger partial charge in [-0.15, -0.1) is 0 Å². The van der Waals surface area contributed by atoms with Gasteiger partial charge in [0.05, 0.1) is 4.92 Å². The summed E-state index contributed by atoms with van der Waals surface area (Å²) in [4.78, 5) is 48.0. The number of rotatable bonds is 7. The lowest BCUT2D eigenvalue weighted by molar-refractivity contribution is -0.384. The van der Waals surface area contributed by atoms with Crippen LogP contribution in [0.5, 0.6) is 0 Å². The van der Waals surface area contributed by atoms with Crippen molar-refractivity contribution in [2.24, 2.45) is 0 Å². The number of nitro groups is 1. The molecule has 1 spiro atoms. The van der Waals surface area contributed by atoms with Crippen LogP contribution in [0.1, 0.15) is 25.7 Å². The van der Waals surface area contributed by atoms with E-state index in [1.807, 2.05) is 0 Å². The zero-order valence-electron chi connectivity index (χ0n) is 14.7. The maximum absolute atomic E-state index is 12.5. The topological polar surface area (TPSA) is 134 Å². The first-order chi connectivity index (χ1) is 12.9. The van der Waals surface area contributed by atoms with E-state index in [2.05, 4.69) is 16.0 Å². The van der Waals surface area contributed by atoms with Crippen LogP contribution in [-0.4, -0.2) is 52.8 Å². The number of amides is 4. The SMILES string of the molecule is O=C(CN1C(=O)NC2(CCCC2)C1=O)NCCNc1ccccc1[N+](=O)[O-]. The van der Waals surface area contributed by atoms with E-state index in [1.165, 1.54) is 6.07 Å². The van der Waals surface area contributed by atoms with Crippen molar-refractivity contribution in [1.29, 1.82) is 0 Å². The number of nitrogens with one attached hydrogen (secondary N) is 3. The van der Waals surface area contributed by atoms with Crippen molar-refractivity contribution in [3.05, 3.63) is 34.4 Å². The van der Waals surface area contributed by atoms with E-state index >= 15 is 0 Å². The Bertz CT molecular complexity index is 775. The number of hydrogen-bond donors (Lipinski definition) is 3. The van der Waals surface area contributed by atoms with Crippen molar-refractivity contribution in [3.63, 3.8) is 0 Å². The number of nitrogens with zero attached hydrogens (tertiary/aromatic N) is 2. The number of urea groups is 1. The predicted molar refractivity (Wildman–Crippen MR) is 96.0 cm³/mol. The molecule has 10 heteroatoms. The van der Waals surface area contributed by atoms with Crippen LogP contribution in [-0.2, 0) is 9.59 Å². The zero-order chi connectivity index (χ0) is 19.4. The van der Waals surface area contributed by atoms with Crippen LogP contribution in [0.25, 0.3) is 0 Å². The Morgan fingerprint density at radius 1 is 1.22 bits per heavy atom. The second-order valence-corrected chi connectivity index (χ2v) is 6.66. The van der Waals surface area contributed by atoms with Gasteiger partial charge in [0.1, 0.15) is 17.8 Å². The van der Waals surface area contributed by atoms with Crippen molar-refractivity contribution in [3.8, 4) is 0 Å². The van der Waals surface area contributed by atoms with Crippen molar-refractivity contribution >= 4 is 29.2 Å². The normalized spacial score (nSPS) is 17.9. The van der Waals surface area contributed by atoms with Gasteiger partial charge in [-0.1, -0.05) is 25.0 Å². The fraction of sp³-hybridized carbons (Fsp3) is 0.471. The van der Waals surface area contributed by atoms with Crippen LogP contribution in [0.4, 0.5) is 16.2 Å². The Morgan fingerprint density at radius 2 is 1.93 bits per heavy atom. The summed E-state index contributed by atoms with van der Waals surface area (Å²) in [5, 5.41) is 19.2. The van der Waals surface area contributed by atoms with Gasteiger partial charge in [-0.3, -0.25) is 24.6 Å². The number of imide groups is 1. The second kappa shape index (κ2) is 7.60. The fourth-order valence-corrected chi connectivity index (χ4v) is 3.52. The average Bonchev–Trinajstić information content (AvgIpc) is 3.20. The monoisotopic (exact) mass is 375 g/mol. The number of hydrogen-bond acceptors (Lipinski definition) is 6. The van der Waals surface area contributed by atoms with E-state index in [0.29, 0.717) is 18.5 Å². The minimum Gasteiger partial charge on any atom is -0.378 e. The van der Waals surface area contributed by atoms with Gasteiger partial charge in [0.25, 0.3) is 11.6 Å². The van der Waals surface area contributed by atoms with Crippen LogP contribution < -0.4 is 16.0 Å². The number of benzene rings is 1. The molecule has 4 amide bonds.